The molecule has 0 bridgehead atoms. The molecular formula is C27H31N5O2. The molecule has 176 valence electrons. The van der Waals surface area contributed by atoms with Crippen molar-refractivity contribution in [3.05, 3.63) is 83.0 Å². The number of carbonyl (C=O) groups excluding carboxylic acids is 2. The van der Waals surface area contributed by atoms with Gasteiger partial charge in [-0.3, -0.25) is 9.89 Å². The SMILES string of the molecule is CCC(C(=O)Nc1n[nH]c2c1CN(C(=O)NC1CC1c1ccccc1)C2(C)C)c1ccccc1. The van der Waals surface area contributed by atoms with Crippen molar-refractivity contribution in [1.82, 2.24) is 20.4 Å². The van der Waals surface area contributed by atoms with Crippen molar-refractivity contribution in [2.75, 3.05) is 5.32 Å². The summed E-state index contributed by atoms with van der Waals surface area (Å²) in [7, 11) is 0. The first-order valence-corrected chi connectivity index (χ1v) is 12.0. The van der Waals surface area contributed by atoms with Gasteiger partial charge in [-0.15, -0.1) is 0 Å². The highest BCUT2D eigenvalue weighted by Gasteiger charge is 2.47. The third-order valence-electron chi connectivity index (χ3n) is 7.21. The summed E-state index contributed by atoms with van der Waals surface area (Å²) in [5, 5.41) is 13.7. The molecule has 2 aromatic carbocycles. The van der Waals surface area contributed by atoms with Gasteiger partial charge in [0.1, 0.15) is 0 Å². The number of benzene rings is 2. The molecule has 1 aliphatic heterocycles. The maximum Gasteiger partial charge on any atom is 0.318 e. The number of carbonyl (C=O) groups is 2. The van der Waals surface area contributed by atoms with E-state index in [4.69, 9.17) is 0 Å². The van der Waals surface area contributed by atoms with E-state index in [1.165, 1.54) is 5.56 Å². The molecule has 3 N–H and O–H groups in total. The maximum atomic E-state index is 13.2. The molecule has 1 fully saturated rings. The first-order valence-electron chi connectivity index (χ1n) is 12.0. The summed E-state index contributed by atoms with van der Waals surface area (Å²) in [5.41, 5.74) is 3.41. The molecular weight excluding hydrogens is 426 g/mol. The molecule has 5 rings (SSSR count). The lowest BCUT2D eigenvalue weighted by atomic mass is 9.95. The summed E-state index contributed by atoms with van der Waals surface area (Å²) in [6.07, 6.45) is 1.64. The maximum absolute atomic E-state index is 13.2. The van der Waals surface area contributed by atoms with Gasteiger partial charge in [0, 0.05) is 17.5 Å². The number of anilines is 1. The van der Waals surface area contributed by atoms with Gasteiger partial charge in [-0.05, 0) is 37.8 Å². The Morgan fingerprint density at radius 3 is 2.47 bits per heavy atom. The number of aromatic nitrogens is 2. The standard InChI is InChI=1S/C27H31N5O2/c1-4-19(17-11-7-5-8-12-17)25(33)29-24-21-16-32(27(2,3)23(21)30-31-24)26(34)28-22-15-20(22)18-13-9-6-10-14-18/h5-14,19-20,22H,4,15-16H2,1-3H3,(H,28,34)(H2,29,30,31,33). The molecule has 2 heterocycles. The van der Waals surface area contributed by atoms with E-state index < -0.39 is 5.54 Å². The molecule has 3 amide bonds. The summed E-state index contributed by atoms with van der Waals surface area (Å²) in [6.45, 7) is 6.40. The van der Waals surface area contributed by atoms with Crippen LogP contribution in [0.1, 0.15) is 67.8 Å². The number of amides is 3. The summed E-state index contributed by atoms with van der Waals surface area (Å²) in [6, 6.07) is 20.1. The van der Waals surface area contributed by atoms with Gasteiger partial charge in [-0.1, -0.05) is 67.6 Å². The monoisotopic (exact) mass is 457 g/mol. The van der Waals surface area contributed by atoms with Crippen molar-refractivity contribution in [2.45, 2.75) is 63.6 Å². The van der Waals surface area contributed by atoms with E-state index in [1.807, 2.05) is 74.2 Å². The Bertz CT molecular complexity index is 1190. The van der Waals surface area contributed by atoms with Crippen molar-refractivity contribution in [3.8, 4) is 0 Å². The van der Waals surface area contributed by atoms with Crippen LogP contribution in [-0.4, -0.2) is 33.1 Å². The van der Waals surface area contributed by atoms with Crippen molar-refractivity contribution >= 4 is 17.8 Å². The van der Waals surface area contributed by atoms with Crippen LogP contribution in [0.4, 0.5) is 10.6 Å². The van der Waals surface area contributed by atoms with Gasteiger partial charge in [0.2, 0.25) is 5.91 Å². The lowest BCUT2D eigenvalue weighted by Gasteiger charge is -2.32. The second-order valence-corrected chi connectivity index (χ2v) is 9.74. The molecule has 2 aliphatic rings. The smallest absolute Gasteiger partial charge is 0.318 e. The molecule has 3 aromatic rings. The third kappa shape index (κ3) is 3.95. The zero-order valence-corrected chi connectivity index (χ0v) is 19.8. The average molecular weight is 458 g/mol. The molecule has 7 nitrogen and oxygen atoms in total. The van der Waals surface area contributed by atoms with Gasteiger partial charge in [-0.2, -0.15) is 5.10 Å². The zero-order chi connectivity index (χ0) is 23.9. The van der Waals surface area contributed by atoms with E-state index in [1.54, 1.807) is 0 Å². The molecule has 0 radical (unpaired) electrons. The van der Waals surface area contributed by atoms with Crippen LogP contribution in [0.2, 0.25) is 0 Å². The highest BCUT2D eigenvalue weighted by atomic mass is 16.2. The van der Waals surface area contributed by atoms with Crippen LogP contribution in [0.25, 0.3) is 0 Å². The number of aromatic amines is 1. The van der Waals surface area contributed by atoms with Gasteiger partial charge in [0.25, 0.3) is 0 Å². The summed E-state index contributed by atoms with van der Waals surface area (Å²) in [5.74, 6) is 0.528. The third-order valence-corrected chi connectivity index (χ3v) is 7.21. The molecule has 0 spiro atoms. The molecule has 34 heavy (non-hydrogen) atoms. The number of hydrogen-bond donors (Lipinski definition) is 3. The van der Waals surface area contributed by atoms with Crippen LogP contribution in [-0.2, 0) is 16.9 Å². The van der Waals surface area contributed by atoms with E-state index in [2.05, 4.69) is 33.0 Å². The Morgan fingerprint density at radius 2 is 1.79 bits per heavy atom. The first-order chi connectivity index (χ1) is 16.4. The predicted octanol–water partition coefficient (Wildman–Crippen LogP) is 4.86. The molecule has 1 saturated carbocycles. The quantitative estimate of drug-likeness (QED) is 0.494. The van der Waals surface area contributed by atoms with Crippen molar-refractivity contribution < 1.29 is 9.59 Å². The highest BCUT2D eigenvalue weighted by molar-refractivity contribution is 5.96. The van der Waals surface area contributed by atoms with E-state index in [9.17, 15) is 9.59 Å². The van der Waals surface area contributed by atoms with Gasteiger partial charge in [0.05, 0.1) is 23.7 Å². The topological polar surface area (TPSA) is 90.1 Å². The van der Waals surface area contributed by atoms with Crippen LogP contribution in [0.15, 0.2) is 60.7 Å². The lowest BCUT2D eigenvalue weighted by Crippen LogP contribution is -2.47. The predicted molar refractivity (Wildman–Crippen MR) is 131 cm³/mol. The largest absolute Gasteiger partial charge is 0.335 e. The number of hydrogen-bond acceptors (Lipinski definition) is 3. The van der Waals surface area contributed by atoms with E-state index in [0.29, 0.717) is 24.7 Å². The van der Waals surface area contributed by atoms with Crippen LogP contribution in [0.5, 0.6) is 0 Å². The molecule has 7 heteroatoms. The average Bonchev–Trinajstić information content (AvgIpc) is 3.39. The highest BCUT2D eigenvalue weighted by Crippen LogP contribution is 2.43. The van der Waals surface area contributed by atoms with Crippen LogP contribution in [0, 0.1) is 0 Å². The van der Waals surface area contributed by atoms with E-state index in [0.717, 1.165) is 23.2 Å². The number of rotatable bonds is 6. The Morgan fingerprint density at radius 1 is 1.12 bits per heavy atom. The fraction of sp³-hybridized carbons (Fsp3) is 0.370. The zero-order valence-electron chi connectivity index (χ0n) is 19.8. The number of fused-ring (bicyclic) bond motifs is 1. The number of nitrogens with one attached hydrogen (secondary N) is 3. The molecule has 0 saturated heterocycles. The second kappa shape index (κ2) is 8.63. The van der Waals surface area contributed by atoms with Crippen molar-refractivity contribution in [1.29, 1.82) is 0 Å². The van der Waals surface area contributed by atoms with E-state index in [-0.39, 0.29) is 23.9 Å². The van der Waals surface area contributed by atoms with Crippen LogP contribution < -0.4 is 10.6 Å². The number of nitrogens with zero attached hydrogens (tertiary/aromatic N) is 2. The Labute approximate surface area is 199 Å². The van der Waals surface area contributed by atoms with Crippen LogP contribution in [0.3, 0.4) is 0 Å². The normalized spacial score (nSPS) is 21.0. The fourth-order valence-electron chi connectivity index (χ4n) is 5.07. The molecule has 1 aliphatic carbocycles. The summed E-state index contributed by atoms with van der Waals surface area (Å²) in [4.78, 5) is 28.1. The Balaban J connectivity index is 1.27. The van der Waals surface area contributed by atoms with Crippen molar-refractivity contribution in [3.63, 3.8) is 0 Å². The lowest BCUT2D eigenvalue weighted by molar-refractivity contribution is -0.117. The molecule has 3 unspecified atom stereocenters. The van der Waals surface area contributed by atoms with E-state index >= 15 is 0 Å². The summed E-state index contributed by atoms with van der Waals surface area (Å²) >= 11 is 0. The van der Waals surface area contributed by atoms with Crippen LogP contribution >= 0.6 is 0 Å². The summed E-state index contributed by atoms with van der Waals surface area (Å²) < 4.78 is 0. The van der Waals surface area contributed by atoms with Gasteiger partial charge in [0.15, 0.2) is 5.82 Å². The van der Waals surface area contributed by atoms with Gasteiger partial charge < -0.3 is 15.5 Å². The first kappa shape index (κ1) is 22.2. The Hall–Kier alpha value is -3.61. The van der Waals surface area contributed by atoms with Gasteiger partial charge in [-0.25, -0.2) is 4.79 Å². The minimum Gasteiger partial charge on any atom is -0.335 e. The molecule has 1 aromatic heterocycles. The minimum absolute atomic E-state index is 0.0904. The molecule has 3 atom stereocenters. The fourth-order valence-corrected chi connectivity index (χ4v) is 5.07. The minimum atomic E-state index is -0.559. The van der Waals surface area contributed by atoms with Gasteiger partial charge >= 0.3 is 6.03 Å². The number of urea groups is 1. The number of H-pyrrole nitrogens is 1. The van der Waals surface area contributed by atoms with Crippen molar-refractivity contribution in [2.24, 2.45) is 0 Å². The second-order valence-electron chi connectivity index (χ2n) is 9.74. The Kier molecular flexibility index (Phi) is 5.63.